The van der Waals surface area contributed by atoms with Crippen LogP contribution in [-0.4, -0.2) is 46.1 Å². The highest BCUT2D eigenvalue weighted by Crippen LogP contribution is 2.20. The Hall–Kier alpha value is -1.18. The second-order valence-corrected chi connectivity index (χ2v) is 8.21. The van der Waals surface area contributed by atoms with Gasteiger partial charge in [0.25, 0.3) is 0 Å². The van der Waals surface area contributed by atoms with E-state index in [2.05, 4.69) is 16.7 Å². The Morgan fingerprint density at radius 2 is 1.17 bits per heavy atom. The smallest absolute Gasteiger partial charge is 0.361 e. The fourth-order valence-corrected chi connectivity index (χ4v) is 3.52. The molecule has 0 rings (SSSR count). The monoisotopic (exact) mass is 432 g/mol. The fourth-order valence-electron chi connectivity index (χ4n) is 3.52. The van der Waals surface area contributed by atoms with Crippen LogP contribution in [0.2, 0.25) is 0 Å². The van der Waals surface area contributed by atoms with E-state index in [1.807, 2.05) is 0 Å². The second-order valence-electron chi connectivity index (χ2n) is 8.21. The highest BCUT2D eigenvalue weighted by atomic mass is 17.2. The highest BCUT2D eigenvalue weighted by molar-refractivity contribution is 5.74. The molecule has 0 saturated heterocycles. The van der Waals surface area contributed by atoms with Crippen LogP contribution in [-0.2, 0) is 19.4 Å². The average molecular weight is 433 g/mol. The van der Waals surface area contributed by atoms with Crippen molar-refractivity contribution in [1.29, 1.82) is 0 Å². The number of aliphatic hydroxyl groups is 3. The standard InChI is InChI=1S/C23H44O7/c1-3-4-5-6-7-8-9-10-11-12-13-14-15-16-17-20(22(27)21(26)18-24)23(28)30-29-19(2)25/h20-22,24,26-27H,3-18H2,1-2H3. The molecule has 0 aromatic carbocycles. The molecule has 3 unspecified atom stereocenters. The second kappa shape index (κ2) is 19.8. The predicted molar refractivity (Wildman–Crippen MR) is 115 cm³/mol. The number of carbonyl (C=O) groups is 2. The van der Waals surface area contributed by atoms with E-state index in [9.17, 15) is 19.8 Å². The Kier molecular flexibility index (Phi) is 19.0. The third-order valence-electron chi connectivity index (χ3n) is 5.41. The first-order chi connectivity index (χ1) is 14.4. The third kappa shape index (κ3) is 15.6. The Morgan fingerprint density at radius 1 is 0.733 bits per heavy atom. The Labute approximate surface area is 182 Å². The van der Waals surface area contributed by atoms with Crippen molar-refractivity contribution >= 4 is 11.9 Å². The molecule has 0 aromatic heterocycles. The zero-order chi connectivity index (χ0) is 22.6. The third-order valence-corrected chi connectivity index (χ3v) is 5.41. The van der Waals surface area contributed by atoms with Gasteiger partial charge < -0.3 is 15.3 Å². The van der Waals surface area contributed by atoms with Crippen molar-refractivity contribution in [1.82, 2.24) is 0 Å². The molecule has 0 aliphatic rings. The summed E-state index contributed by atoms with van der Waals surface area (Å²) in [6.07, 6.45) is 14.3. The summed E-state index contributed by atoms with van der Waals surface area (Å²) in [6, 6.07) is 0. The average Bonchev–Trinajstić information content (AvgIpc) is 2.73. The highest BCUT2D eigenvalue weighted by Gasteiger charge is 2.33. The molecular weight excluding hydrogens is 388 g/mol. The van der Waals surface area contributed by atoms with Crippen molar-refractivity contribution in [3.63, 3.8) is 0 Å². The minimum absolute atomic E-state index is 0.288. The van der Waals surface area contributed by atoms with E-state index >= 15 is 0 Å². The van der Waals surface area contributed by atoms with Crippen molar-refractivity contribution in [3.05, 3.63) is 0 Å². The van der Waals surface area contributed by atoms with Crippen molar-refractivity contribution in [3.8, 4) is 0 Å². The first-order valence-corrected chi connectivity index (χ1v) is 11.8. The van der Waals surface area contributed by atoms with Crippen LogP contribution in [0.3, 0.4) is 0 Å². The van der Waals surface area contributed by atoms with E-state index in [0.717, 1.165) is 26.2 Å². The molecule has 30 heavy (non-hydrogen) atoms. The lowest BCUT2D eigenvalue weighted by Gasteiger charge is -2.23. The summed E-state index contributed by atoms with van der Waals surface area (Å²) >= 11 is 0. The van der Waals surface area contributed by atoms with Crippen LogP contribution in [0.5, 0.6) is 0 Å². The molecule has 3 atom stereocenters. The normalized spacial score (nSPS) is 14.2. The maximum Gasteiger partial charge on any atom is 0.361 e. The molecule has 7 heteroatoms. The Bertz CT molecular complexity index is 428. The summed E-state index contributed by atoms with van der Waals surface area (Å²) in [4.78, 5) is 31.4. The number of unbranched alkanes of at least 4 members (excludes halogenated alkanes) is 13. The van der Waals surface area contributed by atoms with Crippen LogP contribution >= 0.6 is 0 Å². The number of aliphatic hydroxyl groups excluding tert-OH is 3. The lowest BCUT2D eigenvalue weighted by Crippen LogP contribution is -2.40. The molecule has 3 N–H and O–H groups in total. The topological polar surface area (TPSA) is 113 Å². The van der Waals surface area contributed by atoms with Gasteiger partial charge in [0.15, 0.2) is 0 Å². The summed E-state index contributed by atoms with van der Waals surface area (Å²) in [7, 11) is 0. The molecule has 0 spiro atoms. The van der Waals surface area contributed by atoms with E-state index in [1.165, 1.54) is 64.2 Å². The van der Waals surface area contributed by atoms with Crippen LogP contribution in [0, 0.1) is 5.92 Å². The molecule has 0 radical (unpaired) electrons. The molecule has 0 amide bonds. The summed E-state index contributed by atoms with van der Waals surface area (Å²) < 4.78 is 0. The van der Waals surface area contributed by atoms with Gasteiger partial charge in [0.05, 0.1) is 18.6 Å². The molecule has 0 saturated carbocycles. The first kappa shape index (κ1) is 28.8. The number of hydrogen-bond acceptors (Lipinski definition) is 7. The zero-order valence-electron chi connectivity index (χ0n) is 19.0. The van der Waals surface area contributed by atoms with Gasteiger partial charge >= 0.3 is 11.9 Å². The molecule has 0 heterocycles. The Morgan fingerprint density at radius 3 is 1.57 bits per heavy atom. The van der Waals surface area contributed by atoms with Gasteiger partial charge in [-0.05, 0) is 6.42 Å². The molecule has 0 aromatic rings. The van der Waals surface area contributed by atoms with Gasteiger partial charge in [0.2, 0.25) is 0 Å². The molecule has 0 aliphatic heterocycles. The minimum Gasteiger partial charge on any atom is -0.394 e. The predicted octanol–water partition coefficient (Wildman–Crippen LogP) is 4.21. The van der Waals surface area contributed by atoms with E-state index in [0.29, 0.717) is 6.42 Å². The van der Waals surface area contributed by atoms with Gasteiger partial charge in [-0.1, -0.05) is 96.8 Å². The van der Waals surface area contributed by atoms with Gasteiger partial charge in [-0.25, -0.2) is 19.4 Å². The number of carbonyl (C=O) groups excluding carboxylic acids is 2. The molecule has 0 aliphatic carbocycles. The summed E-state index contributed by atoms with van der Waals surface area (Å²) in [5.41, 5.74) is 0. The largest absolute Gasteiger partial charge is 0.394 e. The van der Waals surface area contributed by atoms with Gasteiger partial charge in [-0.2, -0.15) is 0 Å². The van der Waals surface area contributed by atoms with Crippen molar-refractivity contribution in [2.45, 2.75) is 122 Å². The van der Waals surface area contributed by atoms with E-state index < -0.39 is 36.7 Å². The lowest BCUT2D eigenvalue weighted by atomic mass is 9.92. The van der Waals surface area contributed by atoms with Crippen LogP contribution in [0.1, 0.15) is 110 Å². The molecule has 0 fully saturated rings. The quantitative estimate of drug-likeness (QED) is 0.159. The van der Waals surface area contributed by atoms with Crippen molar-refractivity contribution < 1.29 is 34.7 Å². The summed E-state index contributed by atoms with van der Waals surface area (Å²) in [5, 5.41) is 28.7. The van der Waals surface area contributed by atoms with Gasteiger partial charge in [-0.15, -0.1) is 0 Å². The summed E-state index contributed by atoms with van der Waals surface area (Å²) in [5.74, 6) is -2.75. The van der Waals surface area contributed by atoms with E-state index in [1.54, 1.807) is 0 Å². The SMILES string of the molecule is CCCCCCCCCCCCCCCCC(C(=O)OOC(C)=O)C(O)C(O)CO. The van der Waals surface area contributed by atoms with Crippen LogP contribution in [0.15, 0.2) is 0 Å². The molecule has 0 bridgehead atoms. The lowest BCUT2D eigenvalue weighted by molar-refractivity contribution is -0.263. The zero-order valence-corrected chi connectivity index (χ0v) is 19.0. The van der Waals surface area contributed by atoms with Gasteiger partial charge in [0, 0.05) is 6.92 Å². The van der Waals surface area contributed by atoms with E-state index in [4.69, 9.17) is 5.11 Å². The van der Waals surface area contributed by atoms with E-state index in [-0.39, 0.29) is 6.42 Å². The first-order valence-electron chi connectivity index (χ1n) is 11.8. The van der Waals surface area contributed by atoms with Crippen molar-refractivity contribution in [2.24, 2.45) is 5.92 Å². The molecular formula is C23H44O7. The van der Waals surface area contributed by atoms with Gasteiger partial charge in [0.1, 0.15) is 6.10 Å². The van der Waals surface area contributed by atoms with Crippen LogP contribution in [0.25, 0.3) is 0 Å². The fraction of sp³-hybridized carbons (Fsp3) is 0.913. The number of rotatable bonds is 19. The molecule has 178 valence electrons. The van der Waals surface area contributed by atoms with Crippen molar-refractivity contribution in [2.75, 3.05) is 6.61 Å². The van der Waals surface area contributed by atoms with Gasteiger partial charge in [-0.3, -0.25) is 0 Å². The molecule has 7 nitrogen and oxygen atoms in total. The maximum atomic E-state index is 12.0. The van der Waals surface area contributed by atoms with Crippen LogP contribution < -0.4 is 0 Å². The summed E-state index contributed by atoms with van der Waals surface area (Å²) in [6.45, 7) is 2.66. The Balaban J connectivity index is 3.87. The maximum absolute atomic E-state index is 12.0. The minimum atomic E-state index is -1.47. The number of hydrogen-bond donors (Lipinski definition) is 3. The van der Waals surface area contributed by atoms with Crippen LogP contribution in [0.4, 0.5) is 0 Å².